The van der Waals surface area contributed by atoms with Crippen molar-refractivity contribution in [1.29, 1.82) is 0 Å². The molecule has 0 unspecified atom stereocenters. The number of rotatable bonds is 11. The molecule has 2 heterocycles. The third kappa shape index (κ3) is 7.02. The number of hydrogen-bond donors (Lipinski definition) is 0. The number of carbonyl (C=O) groups is 2. The molecule has 7 nitrogen and oxygen atoms in total. The van der Waals surface area contributed by atoms with Gasteiger partial charge in [-0.15, -0.1) is 0 Å². The Morgan fingerprint density at radius 2 is 1.73 bits per heavy atom. The predicted octanol–water partition coefficient (Wildman–Crippen LogP) is 4.33. The van der Waals surface area contributed by atoms with Crippen LogP contribution in [0, 0.1) is 0 Å². The number of aromatic nitrogens is 2. The fourth-order valence-electron chi connectivity index (χ4n) is 5.01. The van der Waals surface area contributed by atoms with E-state index < -0.39 is 6.04 Å². The van der Waals surface area contributed by atoms with Crippen molar-refractivity contribution in [2.24, 2.45) is 0 Å². The largest absolute Gasteiger partial charge is 0.467 e. The molecule has 2 aromatic carbocycles. The summed E-state index contributed by atoms with van der Waals surface area (Å²) >= 11 is 1.67. The van der Waals surface area contributed by atoms with Crippen molar-refractivity contribution in [2.45, 2.75) is 44.4 Å². The Morgan fingerprint density at radius 3 is 2.38 bits per heavy atom. The van der Waals surface area contributed by atoms with Crippen LogP contribution >= 0.6 is 11.8 Å². The van der Waals surface area contributed by atoms with Gasteiger partial charge in [-0.2, -0.15) is 11.8 Å². The summed E-state index contributed by atoms with van der Waals surface area (Å²) in [4.78, 5) is 35.2. The van der Waals surface area contributed by atoms with Gasteiger partial charge in [-0.1, -0.05) is 48.5 Å². The number of benzene rings is 2. The Kier molecular flexibility index (Phi) is 9.79. The molecule has 1 aliphatic rings. The Bertz CT molecular complexity index is 1130. The molecule has 8 heteroatoms. The van der Waals surface area contributed by atoms with Gasteiger partial charge in [-0.05, 0) is 49.0 Å². The summed E-state index contributed by atoms with van der Waals surface area (Å²) in [6, 6.07) is 19.0. The van der Waals surface area contributed by atoms with E-state index in [9.17, 15) is 9.59 Å². The second kappa shape index (κ2) is 13.4. The van der Waals surface area contributed by atoms with Crippen LogP contribution in [0.1, 0.15) is 40.9 Å². The van der Waals surface area contributed by atoms with Gasteiger partial charge in [-0.3, -0.25) is 9.69 Å². The zero-order valence-corrected chi connectivity index (χ0v) is 22.5. The highest BCUT2D eigenvalue weighted by molar-refractivity contribution is 7.98. The van der Waals surface area contributed by atoms with E-state index in [0.717, 1.165) is 44.8 Å². The number of hydrogen-bond acceptors (Lipinski definition) is 6. The monoisotopic (exact) mass is 520 g/mol. The fraction of sp³-hybridized carbons (Fsp3) is 0.414. The molecule has 0 aliphatic carbocycles. The zero-order valence-electron chi connectivity index (χ0n) is 21.7. The number of nitrogens with zero attached hydrogens (tertiary/aromatic N) is 4. The lowest BCUT2D eigenvalue weighted by atomic mass is 9.98. The van der Waals surface area contributed by atoms with E-state index in [1.807, 2.05) is 60.1 Å². The van der Waals surface area contributed by atoms with Crippen molar-refractivity contribution in [1.82, 2.24) is 19.4 Å². The number of ether oxygens (including phenoxy) is 1. The van der Waals surface area contributed by atoms with E-state index in [1.165, 1.54) is 18.4 Å². The Morgan fingerprint density at radius 1 is 1.05 bits per heavy atom. The maximum absolute atomic E-state index is 13.7. The first kappa shape index (κ1) is 26.9. The maximum atomic E-state index is 13.7. The summed E-state index contributed by atoms with van der Waals surface area (Å²) in [6.45, 7) is 3.29. The standard InChI is InChI=1S/C29H36N4O3S/c1-36-29(35)27(15-18-37-2)33(28(34)24-11-7-4-8-12-24)25-13-16-31(17-14-25)21-26-19-30-22-32(26)20-23-9-5-3-6-10-23/h3-12,19,22,25,27H,13-18,20-21H2,1-2H3/t27-/m0/s1. The summed E-state index contributed by atoms with van der Waals surface area (Å²) in [6.07, 6.45) is 8.03. The zero-order chi connectivity index (χ0) is 26.0. The molecule has 0 radical (unpaired) electrons. The number of thioether (sulfide) groups is 1. The summed E-state index contributed by atoms with van der Waals surface area (Å²) in [5, 5.41) is 0. The number of imidazole rings is 1. The highest BCUT2D eigenvalue weighted by Gasteiger charge is 2.37. The van der Waals surface area contributed by atoms with Crippen molar-refractivity contribution >= 4 is 23.6 Å². The topological polar surface area (TPSA) is 67.7 Å². The van der Waals surface area contributed by atoms with Crippen LogP contribution in [0.15, 0.2) is 73.2 Å². The first-order valence-corrected chi connectivity index (χ1v) is 14.2. The average molecular weight is 521 g/mol. The molecule has 1 fully saturated rings. The van der Waals surface area contributed by atoms with Crippen LogP contribution in [-0.4, -0.2) is 75.5 Å². The van der Waals surface area contributed by atoms with Crippen molar-refractivity contribution in [3.05, 3.63) is 90.0 Å². The van der Waals surface area contributed by atoms with Crippen LogP contribution in [0.3, 0.4) is 0 Å². The Hall–Kier alpha value is -3.10. The van der Waals surface area contributed by atoms with Gasteiger partial charge in [0.1, 0.15) is 6.04 Å². The second-order valence-corrected chi connectivity index (χ2v) is 10.4. The third-order valence-corrected chi connectivity index (χ3v) is 7.63. The van der Waals surface area contributed by atoms with Crippen LogP contribution in [0.25, 0.3) is 0 Å². The highest BCUT2D eigenvalue weighted by Crippen LogP contribution is 2.25. The molecular formula is C29H36N4O3S. The fourth-order valence-corrected chi connectivity index (χ4v) is 5.47. The molecule has 0 N–H and O–H groups in total. The lowest BCUT2D eigenvalue weighted by Gasteiger charge is -2.41. The van der Waals surface area contributed by atoms with E-state index in [4.69, 9.17) is 4.74 Å². The molecule has 196 valence electrons. The van der Waals surface area contributed by atoms with Crippen LogP contribution < -0.4 is 0 Å². The predicted molar refractivity (Wildman–Crippen MR) is 147 cm³/mol. The molecule has 1 aliphatic heterocycles. The molecule has 37 heavy (non-hydrogen) atoms. The first-order valence-electron chi connectivity index (χ1n) is 12.8. The van der Waals surface area contributed by atoms with Crippen molar-refractivity contribution in [3.63, 3.8) is 0 Å². The number of piperidine rings is 1. The van der Waals surface area contributed by atoms with E-state index in [0.29, 0.717) is 12.0 Å². The average Bonchev–Trinajstić information content (AvgIpc) is 3.38. The minimum atomic E-state index is -0.589. The van der Waals surface area contributed by atoms with Gasteiger partial charge in [0.15, 0.2) is 0 Å². The summed E-state index contributed by atoms with van der Waals surface area (Å²) in [7, 11) is 1.40. The molecule has 1 amide bonds. The molecule has 1 aromatic heterocycles. The van der Waals surface area contributed by atoms with Crippen LogP contribution in [0.2, 0.25) is 0 Å². The number of methoxy groups -OCH3 is 1. The summed E-state index contributed by atoms with van der Waals surface area (Å²) in [5.41, 5.74) is 3.02. The molecule has 0 bridgehead atoms. The molecule has 1 atom stereocenters. The van der Waals surface area contributed by atoms with Crippen LogP contribution in [0.4, 0.5) is 0 Å². The third-order valence-electron chi connectivity index (χ3n) is 6.99. The van der Waals surface area contributed by atoms with Crippen LogP contribution in [-0.2, 0) is 22.6 Å². The quantitative estimate of drug-likeness (QED) is 0.351. The molecular weight excluding hydrogens is 484 g/mol. The molecule has 4 rings (SSSR count). The SMILES string of the molecule is COC(=O)[C@H](CCSC)N(C(=O)c1ccccc1)C1CCN(Cc2cncn2Cc2ccccc2)CC1. The van der Waals surface area contributed by atoms with Crippen molar-refractivity contribution < 1.29 is 14.3 Å². The summed E-state index contributed by atoms with van der Waals surface area (Å²) in [5.74, 6) is 0.338. The lowest BCUT2D eigenvalue weighted by Crippen LogP contribution is -2.54. The van der Waals surface area contributed by atoms with E-state index in [1.54, 1.807) is 11.8 Å². The Labute approximate surface area is 223 Å². The van der Waals surface area contributed by atoms with E-state index >= 15 is 0 Å². The minimum Gasteiger partial charge on any atom is -0.467 e. The van der Waals surface area contributed by atoms with Gasteiger partial charge in [0.25, 0.3) is 5.91 Å². The maximum Gasteiger partial charge on any atom is 0.328 e. The van der Waals surface area contributed by atoms with Crippen molar-refractivity contribution in [3.8, 4) is 0 Å². The first-order chi connectivity index (χ1) is 18.1. The second-order valence-electron chi connectivity index (χ2n) is 9.40. The van der Waals surface area contributed by atoms with Crippen LogP contribution in [0.5, 0.6) is 0 Å². The van der Waals surface area contributed by atoms with E-state index in [-0.39, 0.29) is 17.9 Å². The summed E-state index contributed by atoms with van der Waals surface area (Å²) < 4.78 is 7.36. The normalized spacial score (nSPS) is 15.3. The molecule has 0 saturated carbocycles. The van der Waals surface area contributed by atoms with Gasteiger partial charge >= 0.3 is 5.97 Å². The minimum absolute atomic E-state index is 0.0239. The van der Waals surface area contributed by atoms with Crippen molar-refractivity contribution in [2.75, 3.05) is 32.2 Å². The highest BCUT2D eigenvalue weighted by atomic mass is 32.2. The van der Waals surface area contributed by atoms with Gasteiger partial charge in [0.05, 0.1) is 19.1 Å². The number of likely N-dealkylation sites (tertiary alicyclic amines) is 1. The number of amides is 1. The smallest absolute Gasteiger partial charge is 0.328 e. The molecule has 1 saturated heterocycles. The molecule has 3 aromatic rings. The molecule has 0 spiro atoms. The number of esters is 1. The van der Waals surface area contributed by atoms with E-state index in [2.05, 4.69) is 38.7 Å². The lowest BCUT2D eigenvalue weighted by molar-refractivity contribution is -0.147. The van der Waals surface area contributed by atoms with Gasteiger partial charge < -0.3 is 14.2 Å². The Balaban J connectivity index is 1.46. The van der Waals surface area contributed by atoms with Gasteiger partial charge in [0, 0.05) is 44.0 Å². The van der Waals surface area contributed by atoms with Gasteiger partial charge in [-0.25, -0.2) is 9.78 Å². The number of carbonyl (C=O) groups excluding carboxylic acids is 2. The van der Waals surface area contributed by atoms with Gasteiger partial charge in [0.2, 0.25) is 0 Å².